The van der Waals surface area contributed by atoms with Gasteiger partial charge in [0.25, 0.3) is 0 Å². The monoisotopic (exact) mass is 372 g/mol. The van der Waals surface area contributed by atoms with Crippen LogP contribution in [0.25, 0.3) is 0 Å². The number of halogens is 2. The van der Waals surface area contributed by atoms with Crippen LogP contribution in [0.4, 0.5) is 14.9 Å². The molecule has 5 nitrogen and oxygen atoms in total. The third kappa shape index (κ3) is 4.31. The highest BCUT2D eigenvalue weighted by atomic mass is 35.5. The third-order valence-corrected chi connectivity index (χ3v) is 4.63. The van der Waals surface area contributed by atoms with Crippen molar-refractivity contribution in [1.29, 1.82) is 5.26 Å². The Kier molecular flexibility index (Phi) is 5.71. The topological polar surface area (TPSA) is 59.4 Å². The van der Waals surface area contributed by atoms with E-state index in [2.05, 4.69) is 16.3 Å². The van der Waals surface area contributed by atoms with Crippen LogP contribution < -0.4 is 5.32 Å². The van der Waals surface area contributed by atoms with Crippen LogP contribution in [0.1, 0.15) is 11.1 Å². The Hall–Kier alpha value is -2.62. The van der Waals surface area contributed by atoms with E-state index in [-0.39, 0.29) is 16.7 Å². The number of benzene rings is 2. The molecule has 1 aliphatic heterocycles. The minimum absolute atomic E-state index is 0.0185. The molecule has 0 aliphatic carbocycles. The van der Waals surface area contributed by atoms with Crippen molar-refractivity contribution in [2.75, 3.05) is 31.5 Å². The van der Waals surface area contributed by atoms with Crippen LogP contribution in [0.15, 0.2) is 42.5 Å². The van der Waals surface area contributed by atoms with Crippen molar-refractivity contribution in [2.45, 2.75) is 6.54 Å². The van der Waals surface area contributed by atoms with Gasteiger partial charge in [-0.05, 0) is 29.8 Å². The molecule has 0 spiro atoms. The first-order valence-electron chi connectivity index (χ1n) is 8.28. The second kappa shape index (κ2) is 8.17. The number of rotatable bonds is 3. The molecule has 0 saturated carbocycles. The Morgan fingerprint density at radius 2 is 1.85 bits per heavy atom. The van der Waals surface area contributed by atoms with Crippen molar-refractivity contribution < 1.29 is 9.18 Å². The molecule has 2 aromatic carbocycles. The standard InChI is InChI=1S/C19H18ClFN4O/c20-16-2-1-3-17(18(16)21)23-19(26)25-10-8-24(9-11-25)13-15-6-4-14(12-22)5-7-15/h1-7H,8-11,13H2,(H,23,26). The number of anilines is 1. The van der Waals surface area contributed by atoms with Gasteiger partial charge in [0.1, 0.15) is 0 Å². The number of amides is 2. The van der Waals surface area contributed by atoms with Gasteiger partial charge in [-0.2, -0.15) is 5.26 Å². The fourth-order valence-corrected chi connectivity index (χ4v) is 3.02. The summed E-state index contributed by atoms with van der Waals surface area (Å²) in [5, 5.41) is 11.4. The summed E-state index contributed by atoms with van der Waals surface area (Å²) in [5.41, 5.74) is 1.86. The Morgan fingerprint density at radius 3 is 2.50 bits per heavy atom. The lowest BCUT2D eigenvalue weighted by atomic mass is 10.1. The molecule has 1 saturated heterocycles. The van der Waals surface area contributed by atoms with Gasteiger partial charge < -0.3 is 10.2 Å². The lowest BCUT2D eigenvalue weighted by Gasteiger charge is -2.34. The van der Waals surface area contributed by atoms with Crippen LogP contribution in [0.5, 0.6) is 0 Å². The van der Waals surface area contributed by atoms with E-state index in [9.17, 15) is 9.18 Å². The first kappa shape index (κ1) is 18.2. The number of hydrogen-bond donors (Lipinski definition) is 1. The normalized spacial score (nSPS) is 14.7. The first-order valence-corrected chi connectivity index (χ1v) is 8.66. The van der Waals surface area contributed by atoms with E-state index in [1.54, 1.807) is 23.1 Å². The van der Waals surface area contributed by atoms with Crippen LogP contribution in [0.3, 0.4) is 0 Å². The van der Waals surface area contributed by atoms with Crippen molar-refractivity contribution in [2.24, 2.45) is 0 Å². The van der Waals surface area contributed by atoms with Gasteiger partial charge in [0.2, 0.25) is 0 Å². The van der Waals surface area contributed by atoms with Crippen LogP contribution in [0, 0.1) is 17.1 Å². The van der Waals surface area contributed by atoms with Gasteiger partial charge in [-0.1, -0.05) is 29.8 Å². The zero-order valence-electron chi connectivity index (χ0n) is 14.1. The fourth-order valence-electron chi connectivity index (χ4n) is 2.85. The molecule has 7 heteroatoms. The molecule has 134 valence electrons. The molecule has 3 rings (SSSR count). The number of urea groups is 1. The lowest BCUT2D eigenvalue weighted by molar-refractivity contribution is 0.143. The van der Waals surface area contributed by atoms with Crippen LogP contribution in [0.2, 0.25) is 5.02 Å². The molecule has 0 bridgehead atoms. The van der Waals surface area contributed by atoms with Crippen molar-refractivity contribution in [3.05, 3.63) is 64.4 Å². The molecule has 1 N–H and O–H groups in total. The highest BCUT2D eigenvalue weighted by molar-refractivity contribution is 6.31. The number of piperazine rings is 1. The molecular formula is C19H18ClFN4O. The van der Waals surface area contributed by atoms with E-state index in [1.807, 2.05) is 12.1 Å². The van der Waals surface area contributed by atoms with Gasteiger partial charge in [-0.15, -0.1) is 0 Å². The Balaban J connectivity index is 1.52. The minimum Gasteiger partial charge on any atom is -0.322 e. The average Bonchev–Trinajstić information content (AvgIpc) is 2.66. The van der Waals surface area contributed by atoms with E-state index in [0.717, 1.165) is 25.2 Å². The van der Waals surface area contributed by atoms with Crippen molar-refractivity contribution in [1.82, 2.24) is 9.80 Å². The van der Waals surface area contributed by atoms with Gasteiger partial charge in [0, 0.05) is 32.7 Å². The predicted molar refractivity (Wildman–Crippen MR) is 98.4 cm³/mol. The molecule has 0 aromatic heterocycles. The van der Waals surface area contributed by atoms with E-state index in [0.29, 0.717) is 18.7 Å². The summed E-state index contributed by atoms with van der Waals surface area (Å²) in [4.78, 5) is 16.2. The van der Waals surface area contributed by atoms with Crippen LogP contribution >= 0.6 is 11.6 Å². The maximum absolute atomic E-state index is 13.9. The summed E-state index contributed by atoms with van der Waals surface area (Å²) in [5.74, 6) is -0.623. The Bertz CT molecular complexity index is 826. The van der Waals surface area contributed by atoms with E-state index in [4.69, 9.17) is 16.9 Å². The van der Waals surface area contributed by atoms with Gasteiger partial charge in [0.05, 0.1) is 22.3 Å². The Morgan fingerprint density at radius 1 is 1.15 bits per heavy atom. The number of carbonyl (C=O) groups is 1. The van der Waals surface area contributed by atoms with Gasteiger partial charge in [-0.3, -0.25) is 4.90 Å². The summed E-state index contributed by atoms with van der Waals surface area (Å²) in [6, 6.07) is 13.8. The van der Waals surface area contributed by atoms with Crippen LogP contribution in [-0.4, -0.2) is 42.0 Å². The molecule has 26 heavy (non-hydrogen) atoms. The number of hydrogen-bond acceptors (Lipinski definition) is 3. The second-order valence-corrected chi connectivity index (χ2v) is 6.51. The second-order valence-electron chi connectivity index (χ2n) is 6.10. The average molecular weight is 373 g/mol. The molecular weight excluding hydrogens is 355 g/mol. The van der Waals surface area contributed by atoms with E-state index in [1.165, 1.54) is 12.1 Å². The SMILES string of the molecule is N#Cc1ccc(CN2CCN(C(=O)Nc3cccc(Cl)c3F)CC2)cc1. The van der Waals surface area contributed by atoms with Gasteiger partial charge in [-0.25, -0.2) is 9.18 Å². The summed E-state index contributed by atoms with van der Waals surface area (Å²) < 4.78 is 13.9. The number of nitrogens with zero attached hydrogens (tertiary/aromatic N) is 3. The van der Waals surface area contributed by atoms with E-state index < -0.39 is 5.82 Å². The maximum Gasteiger partial charge on any atom is 0.322 e. The molecule has 0 unspecified atom stereocenters. The van der Waals surface area contributed by atoms with Crippen molar-refractivity contribution >= 4 is 23.3 Å². The fraction of sp³-hybridized carbons (Fsp3) is 0.263. The molecule has 1 fully saturated rings. The lowest BCUT2D eigenvalue weighted by Crippen LogP contribution is -2.49. The maximum atomic E-state index is 13.9. The smallest absolute Gasteiger partial charge is 0.322 e. The molecule has 1 heterocycles. The number of carbonyl (C=O) groups excluding carboxylic acids is 1. The zero-order chi connectivity index (χ0) is 18.5. The summed E-state index contributed by atoms with van der Waals surface area (Å²) >= 11 is 5.73. The van der Waals surface area contributed by atoms with Crippen molar-refractivity contribution in [3.8, 4) is 6.07 Å². The Labute approximate surface area is 156 Å². The molecule has 0 atom stereocenters. The quantitative estimate of drug-likeness (QED) is 0.893. The molecule has 2 amide bonds. The predicted octanol–water partition coefficient (Wildman–Crippen LogP) is 3.70. The summed E-state index contributed by atoms with van der Waals surface area (Å²) in [7, 11) is 0. The highest BCUT2D eigenvalue weighted by Gasteiger charge is 2.22. The largest absolute Gasteiger partial charge is 0.322 e. The third-order valence-electron chi connectivity index (χ3n) is 4.34. The molecule has 1 aliphatic rings. The van der Waals surface area contributed by atoms with Gasteiger partial charge in [0.15, 0.2) is 5.82 Å². The van der Waals surface area contributed by atoms with Crippen molar-refractivity contribution in [3.63, 3.8) is 0 Å². The summed E-state index contributed by atoms with van der Waals surface area (Å²) in [6.07, 6.45) is 0. The molecule has 0 radical (unpaired) electrons. The highest BCUT2D eigenvalue weighted by Crippen LogP contribution is 2.22. The zero-order valence-corrected chi connectivity index (χ0v) is 14.8. The number of nitrogens with one attached hydrogen (secondary N) is 1. The first-order chi connectivity index (χ1) is 12.6. The van der Waals surface area contributed by atoms with E-state index >= 15 is 0 Å². The molecule has 2 aromatic rings. The van der Waals surface area contributed by atoms with Crippen LogP contribution in [-0.2, 0) is 6.54 Å². The minimum atomic E-state index is -0.623. The van der Waals surface area contributed by atoms with Gasteiger partial charge >= 0.3 is 6.03 Å². The number of nitriles is 1. The summed E-state index contributed by atoms with van der Waals surface area (Å²) in [6.45, 7) is 3.34.